The minimum Gasteiger partial charge on any atom is -0.507 e. The number of non-ortho nitro benzene ring substituents is 1. The third kappa shape index (κ3) is 7.78. The van der Waals surface area contributed by atoms with Gasteiger partial charge in [0.2, 0.25) is 0 Å². The number of carbonyl (C=O) groups excluding carboxylic acids is 3. The number of nitrogens with zero attached hydrogens (tertiary/aromatic N) is 3. The van der Waals surface area contributed by atoms with Crippen molar-refractivity contribution in [2.45, 2.75) is 33.6 Å². The van der Waals surface area contributed by atoms with Gasteiger partial charge in [0.15, 0.2) is 0 Å². The van der Waals surface area contributed by atoms with E-state index in [4.69, 9.17) is 9.47 Å². The van der Waals surface area contributed by atoms with Crippen molar-refractivity contribution in [3.63, 3.8) is 0 Å². The Balaban J connectivity index is 1.83. The molecule has 0 aromatic heterocycles. The van der Waals surface area contributed by atoms with Crippen LogP contribution in [0.1, 0.15) is 49.5 Å². The van der Waals surface area contributed by atoms with Crippen molar-refractivity contribution in [1.29, 1.82) is 0 Å². The van der Waals surface area contributed by atoms with Gasteiger partial charge in [-0.1, -0.05) is 38.1 Å². The summed E-state index contributed by atoms with van der Waals surface area (Å²) in [6.45, 7) is 9.24. The molecule has 2 atom stereocenters. The van der Waals surface area contributed by atoms with Crippen molar-refractivity contribution in [2.75, 3.05) is 39.4 Å². The Morgan fingerprint density at radius 3 is 2.43 bits per heavy atom. The number of benzene rings is 2. The van der Waals surface area contributed by atoms with Crippen LogP contribution >= 0.6 is 0 Å². The van der Waals surface area contributed by atoms with Crippen molar-refractivity contribution in [3.8, 4) is 5.75 Å². The van der Waals surface area contributed by atoms with E-state index >= 15 is 0 Å². The number of amides is 1. The molecule has 2 N–H and O–H groups in total. The van der Waals surface area contributed by atoms with Crippen LogP contribution < -0.4 is 5.32 Å². The molecule has 2 unspecified atom stereocenters. The molecule has 1 aliphatic rings. The van der Waals surface area contributed by atoms with Crippen molar-refractivity contribution >= 4 is 29.2 Å². The van der Waals surface area contributed by atoms with Crippen LogP contribution in [0.3, 0.4) is 0 Å². The quantitative estimate of drug-likeness (QED) is 0.156. The predicted octanol–water partition coefficient (Wildman–Crippen LogP) is 3.61. The van der Waals surface area contributed by atoms with Crippen LogP contribution in [0.4, 0.5) is 5.69 Å². The topological polar surface area (TPSA) is 161 Å². The minimum absolute atomic E-state index is 0.0498. The van der Waals surface area contributed by atoms with Crippen LogP contribution in [0, 0.1) is 16.0 Å². The lowest BCUT2D eigenvalue weighted by molar-refractivity contribution is -0.384. The average Bonchev–Trinajstić information content (AvgIpc) is 2.97. The van der Waals surface area contributed by atoms with Crippen molar-refractivity contribution in [1.82, 2.24) is 10.2 Å². The van der Waals surface area contributed by atoms with Gasteiger partial charge in [-0.2, -0.15) is 0 Å². The smallest absolute Gasteiger partial charge is 0.336 e. The number of carbonyl (C=O) groups is 3. The predicted molar refractivity (Wildman–Crippen MR) is 155 cm³/mol. The number of aliphatic imine (C=N–C) groups is 1. The number of nitrogens with one attached hydrogen (secondary N) is 1. The van der Waals surface area contributed by atoms with Crippen molar-refractivity contribution in [3.05, 3.63) is 81.0 Å². The molecule has 0 aliphatic carbocycles. The second-order valence-corrected chi connectivity index (χ2v) is 9.66. The highest BCUT2D eigenvalue weighted by molar-refractivity contribution is 6.07. The first-order valence-electron chi connectivity index (χ1n) is 13.7. The van der Waals surface area contributed by atoms with E-state index < -0.39 is 34.6 Å². The third-order valence-electron chi connectivity index (χ3n) is 7.06. The molecule has 0 fully saturated rings. The lowest BCUT2D eigenvalue weighted by Crippen LogP contribution is -2.38. The van der Waals surface area contributed by atoms with Crippen LogP contribution in [-0.2, 0) is 19.1 Å². The van der Waals surface area contributed by atoms with Crippen LogP contribution in [-0.4, -0.2) is 77.9 Å². The number of nitro benzene ring substituents is 1. The number of phenolic OH excluding ortho intramolecular Hbond substituents is 1. The summed E-state index contributed by atoms with van der Waals surface area (Å²) >= 11 is 0. The summed E-state index contributed by atoms with van der Waals surface area (Å²) in [4.78, 5) is 56.8. The molecule has 1 heterocycles. The Morgan fingerprint density at radius 2 is 1.76 bits per heavy atom. The molecule has 1 amide bonds. The molecule has 12 nitrogen and oxygen atoms in total. The number of likely N-dealkylation sites (N-methyl/N-ethyl adjacent to an activating group) is 1. The highest BCUT2D eigenvalue weighted by Gasteiger charge is 2.43. The lowest BCUT2D eigenvalue weighted by atomic mass is 9.75. The zero-order chi connectivity index (χ0) is 30.8. The Hall–Kier alpha value is -4.58. The third-order valence-corrected chi connectivity index (χ3v) is 7.06. The maximum Gasteiger partial charge on any atom is 0.336 e. The van der Waals surface area contributed by atoms with E-state index in [1.807, 2.05) is 13.8 Å². The maximum absolute atomic E-state index is 13.4. The van der Waals surface area contributed by atoms with Gasteiger partial charge in [-0.05, 0) is 44.6 Å². The van der Waals surface area contributed by atoms with Crippen LogP contribution in [0.5, 0.6) is 5.75 Å². The molecule has 3 rings (SSSR count). The Bertz CT molecular complexity index is 1380. The number of nitro groups is 1. The molecule has 12 heteroatoms. The molecule has 224 valence electrons. The monoisotopic (exact) mass is 580 g/mol. The number of rotatable bonds is 13. The van der Waals surface area contributed by atoms with Gasteiger partial charge in [0.1, 0.15) is 24.9 Å². The Labute approximate surface area is 244 Å². The summed E-state index contributed by atoms with van der Waals surface area (Å²) in [6, 6.07) is 11.8. The lowest BCUT2D eigenvalue weighted by Gasteiger charge is -2.31. The molecule has 0 bridgehead atoms. The largest absolute Gasteiger partial charge is 0.507 e. The Kier molecular flexibility index (Phi) is 11.3. The van der Waals surface area contributed by atoms with Gasteiger partial charge in [-0.25, -0.2) is 4.79 Å². The SMILES string of the molecule is CCN(CC)CCOC(=O)C1C(C)=NC(C)=C(C(=O)OCCNC(=O)c2ccccc2O)C1c1cccc([N+](=O)[O-])c1. The zero-order valence-corrected chi connectivity index (χ0v) is 24.2. The first kappa shape index (κ1) is 31.9. The summed E-state index contributed by atoms with van der Waals surface area (Å²) in [5.41, 5.74) is 1.02. The summed E-state index contributed by atoms with van der Waals surface area (Å²) in [7, 11) is 0. The fourth-order valence-corrected chi connectivity index (χ4v) is 4.85. The molecule has 1 aliphatic heterocycles. The number of allylic oxidation sites excluding steroid dienone is 1. The summed E-state index contributed by atoms with van der Waals surface area (Å²) in [5, 5.41) is 24.0. The highest BCUT2D eigenvalue weighted by Crippen LogP contribution is 2.41. The van der Waals surface area contributed by atoms with Crippen LogP contribution in [0.25, 0.3) is 0 Å². The molecule has 42 heavy (non-hydrogen) atoms. The van der Waals surface area contributed by atoms with E-state index in [-0.39, 0.29) is 42.3 Å². The number of esters is 2. The summed E-state index contributed by atoms with van der Waals surface area (Å²) in [5.74, 6) is -4.08. The van der Waals surface area contributed by atoms with E-state index in [1.165, 1.54) is 30.3 Å². The van der Waals surface area contributed by atoms with E-state index in [0.29, 0.717) is 23.5 Å². The van der Waals surface area contributed by atoms with Crippen molar-refractivity contribution < 1.29 is 33.9 Å². The van der Waals surface area contributed by atoms with Crippen molar-refractivity contribution in [2.24, 2.45) is 10.9 Å². The minimum atomic E-state index is -1.02. The normalized spacial score (nSPS) is 16.5. The number of aromatic hydroxyl groups is 1. The second kappa shape index (κ2) is 14.9. The van der Waals surface area contributed by atoms with E-state index in [0.717, 1.165) is 13.1 Å². The molecular weight excluding hydrogens is 544 g/mol. The molecule has 0 saturated carbocycles. The van der Waals surface area contributed by atoms with E-state index in [9.17, 15) is 29.6 Å². The molecule has 0 radical (unpaired) electrons. The summed E-state index contributed by atoms with van der Waals surface area (Å²) in [6.07, 6.45) is 0. The van der Waals surface area contributed by atoms with E-state index in [1.54, 1.807) is 32.0 Å². The average molecular weight is 581 g/mol. The van der Waals surface area contributed by atoms with E-state index in [2.05, 4.69) is 15.2 Å². The standard InChI is InChI=1S/C30H36N4O8/c1-5-33(6-2)15-17-42-30(38)26-20(4)32-19(3)25(27(26)21-10-9-11-22(18-21)34(39)40)29(37)41-16-14-31-28(36)23-12-7-8-13-24(23)35/h7-13,18,26-27,35H,5-6,14-17H2,1-4H3,(H,31,36). The molecule has 0 saturated heterocycles. The van der Waals surface area contributed by atoms with Crippen LogP contribution in [0.15, 0.2) is 64.8 Å². The molecule has 2 aromatic rings. The molecule has 0 spiro atoms. The van der Waals surface area contributed by atoms with Gasteiger partial charge in [0.05, 0.1) is 22.6 Å². The summed E-state index contributed by atoms with van der Waals surface area (Å²) < 4.78 is 11.1. The van der Waals surface area contributed by atoms with Gasteiger partial charge in [-0.15, -0.1) is 0 Å². The Morgan fingerprint density at radius 1 is 1.05 bits per heavy atom. The second-order valence-electron chi connectivity index (χ2n) is 9.66. The number of para-hydroxylation sites is 1. The van der Waals surface area contributed by atoms with Gasteiger partial charge in [0.25, 0.3) is 11.6 Å². The van der Waals surface area contributed by atoms with Gasteiger partial charge in [-0.3, -0.25) is 24.7 Å². The van der Waals surface area contributed by atoms with Gasteiger partial charge >= 0.3 is 11.9 Å². The number of hydrogen-bond donors (Lipinski definition) is 2. The van der Waals surface area contributed by atoms with Gasteiger partial charge < -0.3 is 24.8 Å². The van der Waals surface area contributed by atoms with Crippen LogP contribution in [0.2, 0.25) is 0 Å². The zero-order valence-electron chi connectivity index (χ0n) is 24.2. The fourth-order valence-electron chi connectivity index (χ4n) is 4.85. The number of ether oxygens (including phenoxy) is 2. The fraction of sp³-hybridized carbons (Fsp3) is 0.400. The maximum atomic E-state index is 13.4. The molecular formula is C30H36N4O8. The first-order valence-corrected chi connectivity index (χ1v) is 13.7. The first-order chi connectivity index (χ1) is 20.1. The van der Waals surface area contributed by atoms with Gasteiger partial charge in [0, 0.05) is 36.0 Å². The number of hydrogen-bond acceptors (Lipinski definition) is 10. The molecule has 2 aromatic carbocycles. The number of phenols is 1. The highest BCUT2D eigenvalue weighted by atomic mass is 16.6.